The van der Waals surface area contributed by atoms with Gasteiger partial charge in [0.05, 0.1) is 14.2 Å². The molecule has 1 heterocycles. The van der Waals surface area contributed by atoms with Gasteiger partial charge in [0.25, 0.3) is 0 Å². The normalized spacial score (nSPS) is 13.3. The van der Waals surface area contributed by atoms with Gasteiger partial charge < -0.3 is 14.8 Å². The maximum absolute atomic E-state index is 5.53. The van der Waals surface area contributed by atoms with Gasteiger partial charge in [-0.3, -0.25) is 0 Å². The Balaban J connectivity index is 2.09. The van der Waals surface area contributed by atoms with E-state index in [2.05, 4.69) is 29.6 Å². The van der Waals surface area contributed by atoms with Crippen LogP contribution in [-0.2, 0) is 6.42 Å². The minimum Gasteiger partial charge on any atom is -0.493 e. The molecule has 2 aromatic carbocycles. The predicted molar refractivity (Wildman–Crippen MR) is 81.8 cm³/mol. The van der Waals surface area contributed by atoms with Crippen molar-refractivity contribution in [2.24, 2.45) is 0 Å². The van der Waals surface area contributed by atoms with E-state index in [9.17, 15) is 0 Å². The lowest BCUT2D eigenvalue weighted by atomic mass is 9.96. The van der Waals surface area contributed by atoms with Gasteiger partial charge in [-0.25, -0.2) is 0 Å². The fourth-order valence-corrected chi connectivity index (χ4v) is 2.76. The fraction of sp³-hybridized carbons (Fsp3) is 0.294. The second kappa shape index (κ2) is 5.45. The number of anilines is 1. The van der Waals surface area contributed by atoms with Crippen LogP contribution in [0.3, 0.4) is 0 Å². The first-order valence-electron chi connectivity index (χ1n) is 6.91. The molecule has 0 radical (unpaired) electrons. The number of nitrogens with one attached hydrogen (secondary N) is 1. The molecule has 3 heteroatoms. The van der Waals surface area contributed by atoms with Crippen LogP contribution in [0, 0.1) is 0 Å². The van der Waals surface area contributed by atoms with Crippen molar-refractivity contribution in [3.63, 3.8) is 0 Å². The topological polar surface area (TPSA) is 30.5 Å². The number of benzene rings is 2. The lowest BCUT2D eigenvalue weighted by Crippen LogP contribution is -2.11. The molecule has 0 amide bonds. The van der Waals surface area contributed by atoms with E-state index in [0.29, 0.717) is 0 Å². The number of fused-ring (bicyclic) bond motifs is 1. The molecule has 0 spiro atoms. The van der Waals surface area contributed by atoms with E-state index in [0.717, 1.165) is 30.0 Å². The highest BCUT2D eigenvalue weighted by molar-refractivity contribution is 5.76. The Morgan fingerprint density at radius 3 is 2.75 bits per heavy atom. The molecule has 20 heavy (non-hydrogen) atoms. The molecule has 0 saturated carbocycles. The van der Waals surface area contributed by atoms with E-state index >= 15 is 0 Å². The van der Waals surface area contributed by atoms with Crippen molar-refractivity contribution in [2.75, 3.05) is 26.1 Å². The Morgan fingerprint density at radius 2 is 1.95 bits per heavy atom. The number of hydrogen-bond acceptors (Lipinski definition) is 3. The Bertz CT molecular complexity index is 622. The molecule has 0 saturated heterocycles. The summed E-state index contributed by atoms with van der Waals surface area (Å²) < 4.78 is 10.9. The first-order chi connectivity index (χ1) is 9.83. The molecule has 1 N–H and O–H groups in total. The zero-order valence-electron chi connectivity index (χ0n) is 11.9. The minimum absolute atomic E-state index is 0.765. The van der Waals surface area contributed by atoms with Gasteiger partial charge >= 0.3 is 0 Å². The molecule has 0 unspecified atom stereocenters. The van der Waals surface area contributed by atoms with Crippen LogP contribution in [0.2, 0.25) is 0 Å². The van der Waals surface area contributed by atoms with Crippen LogP contribution in [0.5, 0.6) is 11.5 Å². The zero-order valence-corrected chi connectivity index (χ0v) is 11.9. The monoisotopic (exact) mass is 269 g/mol. The first kappa shape index (κ1) is 12.9. The molecular formula is C17H19NO2. The van der Waals surface area contributed by atoms with Crippen LogP contribution in [0.15, 0.2) is 36.4 Å². The molecule has 104 valence electrons. The Morgan fingerprint density at radius 1 is 1.05 bits per heavy atom. The largest absolute Gasteiger partial charge is 0.493 e. The van der Waals surface area contributed by atoms with Crippen LogP contribution in [0.25, 0.3) is 11.1 Å². The Hall–Kier alpha value is -2.16. The lowest BCUT2D eigenvalue weighted by Gasteiger charge is -2.19. The maximum atomic E-state index is 5.53. The summed E-state index contributed by atoms with van der Waals surface area (Å²) in [7, 11) is 3.35. The van der Waals surface area contributed by atoms with Crippen molar-refractivity contribution >= 4 is 5.69 Å². The molecule has 1 aliphatic heterocycles. The summed E-state index contributed by atoms with van der Waals surface area (Å²) in [5.74, 6) is 1.56. The summed E-state index contributed by atoms with van der Waals surface area (Å²) >= 11 is 0. The van der Waals surface area contributed by atoms with Crippen LogP contribution in [-0.4, -0.2) is 20.8 Å². The number of hydrogen-bond donors (Lipinski definition) is 1. The molecule has 3 rings (SSSR count). The van der Waals surface area contributed by atoms with Gasteiger partial charge in [0.2, 0.25) is 0 Å². The van der Waals surface area contributed by atoms with Crippen molar-refractivity contribution in [3.8, 4) is 22.6 Å². The molecular weight excluding hydrogens is 250 g/mol. The van der Waals surface area contributed by atoms with Gasteiger partial charge in [-0.2, -0.15) is 0 Å². The smallest absolute Gasteiger partial charge is 0.168 e. The third-order valence-corrected chi connectivity index (χ3v) is 3.76. The molecule has 3 nitrogen and oxygen atoms in total. The maximum Gasteiger partial charge on any atom is 0.168 e. The van der Waals surface area contributed by atoms with E-state index in [1.807, 2.05) is 12.1 Å². The van der Waals surface area contributed by atoms with Crippen LogP contribution in [0.1, 0.15) is 12.0 Å². The van der Waals surface area contributed by atoms with Gasteiger partial charge in [-0.1, -0.05) is 18.2 Å². The van der Waals surface area contributed by atoms with E-state index in [1.165, 1.54) is 23.2 Å². The summed E-state index contributed by atoms with van der Waals surface area (Å²) in [6, 6.07) is 12.5. The molecule has 0 fully saturated rings. The summed E-state index contributed by atoms with van der Waals surface area (Å²) in [5.41, 5.74) is 4.86. The van der Waals surface area contributed by atoms with Crippen molar-refractivity contribution in [1.82, 2.24) is 0 Å². The minimum atomic E-state index is 0.765. The number of aryl methyl sites for hydroxylation is 1. The third-order valence-electron chi connectivity index (χ3n) is 3.76. The fourth-order valence-electron chi connectivity index (χ4n) is 2.76. The Labute approximate surface area is 119 Å². The number of methoxy groups -OCH3 is 2. The van der Waals surface area contributed by atoms with E-state index in [1.54, 1.807) is 14.2 Å². The van der Waals surface area contributed by atoms with Gasteiger partial charge in [0.1, 0.15) is 0 Å². The summed E-state index contributed by atoms with van der Waals surface area (Å²) in [6.07, 6.45) is 2.31. The average molecular weight is 269 g/mol. The quantitative estimate of drug-likeness (QED) is 0.921. The van der Waals surface area contributed by atoms with Crippen molar-refractivity contribution in [1.29, 1.82) is 0 Å². The number of rotatable bonds is 3. The highest BCUT2D eigenvalue weighted by Gasteiger charge is 2.14. The SMILES string of the molecule is COc1cccc(-c2ccc3c(c2)CCCN3)c1OC. The summed E-state index contributed by atoms with van der Waals surface area (Å²) in [5, 5.41) is 3.44. The van der Waals surface area contributed by atoms with Crippen LogP contribution < -0.4 is 14.8 Å². The number of ether oxygens (including phenoxy) is 2. The van der Waals surface area contributed by atoms with Crippen LogP contribution >= 0.6 is 0 Å². The predicted octanol–water partition coefficient (Wildman–Crippen LogP) is 3.73. The van der Waals surface area contributed by atoms with E-state index in [-0.39, 0.29) is 0 Å². The first-order valence-corrected chi connectivity index (χ1v) is 6.91. The molecule has 0 atom stereocenters. The summed E-state index contributed by atoms with van der Waals surface area (Å²) in [6.45, 7) is 1.06. The molecule has 0 bridgehead atoms. The van der Waals surface area contributed by atoms with E-state index in [4.69, 9.17) is 9.47 Å². The van der Waals surface area contributed by atoms with Gasteiger partial charge in [0, 0.05) is 17.8 Å². The van der Waals surface area contributed by atoms with Crippen LogP contribution in [0.4, 0.5) is 5.69 Å². The zero-order chi connectivity index (χ0) is 13.9. The van der Waals surface area contributed by atoms with E-state index < -0.39 is 0 Å². The van der Waals surface area contributed by atoms with Gasteiger partial charge in [-0.15, -0.1) is 0 Å². The van der Waals surface area contributed by atoms with Crippen molar-refractivity contribution < 1.29 is 9.47 Å². The van der Waals surface area contributed by atoms with Crippen molar-refractivity contribution in [2.45, 2.75) is 12.8 Å². The molecule has 0 aliphatic carbocycles. The molecule has 2 aromatic rings. The third kappa shape index (κ3) is 2.20. The highest BCUT2D eigenvalue weighted by Crippen LogP contribution is 2.39. The Kier molecular flexibility index (Phi) is 3.50. The lowest BCUT2D eigenvalue weighted by molar-refractivity contribution is 0.356. The van der Waals surface area contributed by atoms with Gasteiger partial charge in [0.15, 0.2) is 11.5 Å². The average Bonchev–Trinajstić information content (AvgIpc) is 2.53. The standard InChI is InChI=1S/C17H19NO2/c1-19-16-7-3-6-14(17(16)20-2)12-8-9-15-13(11-12)5-4-10-18-15/h3,6-9,11,18H,4-5,10H2,1-2H3. The van der Waals surface area contributed by atoms with Gasteiger partial charge in [-0.05, 0) is 42.2 Å². The summed E-state index contributed by atoms with van der Waals surface area (Å²) in [4.78, 5) is 0. The highest BCUT2D eigenvalue weighted by atomic mass is 16.5. The van der Waals surface area contributed by atoms with Crippen molar-refractivity contribution in [3.05, 3.63) is 42.0 Å². The second-order valence-electron chi connectivity index (χ2n) is 4.94. The molecule has 1 aliphatic rings. The number of para-hydroxylation sites is 1. The second-order valence-corrected chi connectivity index (χ2v) is 4.94. The molecule has 0 aromatic heterocycles.